The molecule has 10 N–H and O–H groups in total. The van der Waals surface area contributed by atoms with E-state index >= 15 is 0 Å². The van der Waals surface area contributed by atoms with Gasteiger partial charge in [-0.15, -0.1) is 5.10 Å². The third-order valence-electron chi connectivity index (χ3n) is 13.9. The number of ether oxygens (including phenoxy) is 6. The number of nitrogens with one attached hydrogen (secondary N) is 2. The molecule has 4 fully saturated rings. The molecule has 1 aromatic heterocycles. The Hall–Kier alpha value is -3.39. The highest BCUT2D eigenvalue weighted by atomic mass is 32.3. The Morgan fingerprint density at radius 1 is 0.958 bits per heavy atom. The van der Waals surface area contributed by atoms with E-state index in [1.807, 2.05) is 6.92 Å². The predicted octanol–water partition coefficient (Wildman–Crippen LogP) is -1.77. The summed E-state index contributed by atoms with van der Waals surface area (Å²) in [5, 5.41) is 87.4. The summed E-state index contributed by atoms with van der Waals surface area (Å²) in [6.45, 7) is 2.00. The summed E-state index contributed by atoms with van der Waals surface area (Å²) in [4.78, 5) is 52.6. The molecule has 0 aromatic carbocycles. The van der Waals surface area contributed by atoms with Crippen LogP contribution in [0.4, 0.5) is 0 Å². The zero-order valence-corrected chi connectivity index (χ0v) is 41.3. The number of aliphatic hydroxyl groups excluding tert-OH is 6. The number of aliphatic hydroxyl groups is 6. The van der Waals surface area contributed by atoms with Crippen LogP contribution in [0.5, 0.6) is 0 Å². The molecular weight excluding hydrogens is 967 g/mol. The van der Waals surface area contributed by atoms with Crippen LogP contribution in [0.15, 0.2) is 6.20 Å². The van der Waals surface area contributed by atoms with Crippen LogP contribution in [0.3, 0.4) is 0 Å². The number of carbonyl (C=O) groups excluding carboxylic acids is 3. The molecule has 2 saturated carbocycles. The lowest BCUT2D eigenvalue weighted by atomic mass is 9.74. The van der Waals surface area contributed by atoms with Crippen molar-refractivity contribution in [1.82, 2.24) is 25.6 Å². The van der Waals surface area contributed by atoms with Gasteiger partial charge in [0, 0.05) is 32.9 Å². The third kappa shape index (κ3) is 16.1. The lowest BCUT2D eigenvalue weighted by Crippen LogP contribution is -2.67. The van der Waals surface area contributed by atoms with E-state index in [0.717, 1.165) is 36.8 Å². The number of methoxy groups -OCH3 is 1. The largest absolute Gasteiger partial charge is 0.479 e. The van der Waals surface area contributed by atoms with E-state index in [9.17, 15) is 63.3 Å². The highest BCUT2D eigenvalue weighted by Crippen LogP contribution is 2.40. The van der Waals surface area contributed by atoms with Gasteiger partial charge in [0.15, 0.2) is 24.4 Å². The Balaban J connectivity index is 1.33. The fourth-order valence-electron chi connectivity index (χ4n) is 9.99. The van der Waals surface area contributed by atoms with Crippen molar-refractivity contribution >= 4 is 34.0 Å². The highest BCUT2D eigenvalue weighted by molar-refractivity contribution is 7.80. The monoisotopic (exact) mass is 1040 g/mol. The van der Waals surface area contributed by atoms with E-state index in [1.165, 1.54) is 27.2 Å². The second-order valence-corrected chi connectivity index (χ2v) is 20.4. The van der Waals surface area contributed by atoms with Crippen molar-refractivity contribution in [3.8, 4) is 0 Å². The Morgan fingerprint density at radius 3 is 2.30 bits per heavy atom. The number of Topliss-reactive ketones (excluding diaryl/α,β-unsaturated/α-hetero) is 1. The standard InChI is InChI=1S/C44H73N5O21S/c1-5-26-15-27(29(53)12-9-13-45-40(58)28-17-49(48-47-28)19-44(20-51,21-64-4)22-65-71(61,62)63)16-30(38(26)70-43-37(57)36(56)34(54)23(2)66-43)68-42-33(46-24(3)52)39(35(55)32(18-50)69-42)67-31(41(59)60)14-25-10-7-6-8-11-25/h17,23,25-27,30-39,42-43,50-51,54-57H,5-16,18-22H2,1-4H3,(H,45,58)(H,46,52)(H,59,60)(H,61,62,63)/t23?,26?,27?,30-,31+,32+,33?,34-,35+,36+,37?,38-,39?,42-,43+,44?/m1/s1. The molecule has 3 heterocycles. The first kappa shape index (κ1) is 58.5. The Kier molecular flexibility index (Phi) is 22.0. The summed E-state index contributed by atoms with van der Waals surface area (Å²) < 4.78 is 73.4. The van der Waals surface area contributed by atoms with Crippen LogP contribution in [0.2, 0.25) is 0 Å². The number of rotatable bonds is 26. The smallest absolute Gasteiger partial charge is 0.397 e. The summed E-state index contributed by atoms with van der Waals surface area (Å²) in [7, 11) is -3.55. The maximum atomic E-state index is 14.1. The number of aliphatic carboxylic acids is 1. The predicted molar refractivity (Wildman–Crippen MR) is 241 cm³/mol. The molecule has 16 atom stereocenters. The molecular formula is C44H73N5O21S. The number of carbonyl (C=O) groups is 4. The van der Waals surface area contributed by atoms with Gasteiger partial charge in [0.2, 0.25) is 5.91 Å². The van der Waals surface area contributed by atoms with Crippen LogP contribution in [0.25, 0.3) is 0 Å². The molecule has 2 saturated heterocycles. The van der Waals surface area contributed by atoms with Gasteiger partial charge in [0.05, 0.1) is 62.9 Å². The van der Waals surface area contributed by atoms with Crippen molar-refractivity contribution in [2.24, 2.45) is 23.2 Å². The van der Waals surface area contributed by atoms with Crippen LogP contribution in [-0.4, -0.2) is 207 Å². The van der Waals surface area contributed by atoms with Gasteiger partial charge >= 0.3 is 16.4 Å². The summed E-state index contributed by atoms with van der Waals surface area (Å²) in [5.74, 6) is -3.93. The van der Waals surface area contributed by atoms with E-state index in [-0.39, 0.29) is 69.2 Å². The van der Waals surface area contributed by atoms with Crippen molar-refractivity contribution in [1.29, 1.82) is 0 Å². The molecule has 0 radical (unpaired) electrons. The van der Waals surface area contributed by atoms with Gasteiger partial charge in [-0.1, -0.05) is 50.7 Å². The maximum absolute atomic E-state index is 14.1. The third-order valence-corrected chi connectivity index (χ3v) is 14.3. The van der Waals surface area contributed by atoms with Crippen molar-refractivity contribution in [2.45, 2.75) is 178 Å². The fourth-order valence-corrected chi connectivity index (χ4v) is 10.4. The molecule has 0 bridgehead atoms. The van der Waals surface area contributed by atoms with Gasteiger partial charge in [0.25, 0.3) is 5.91 Å². The molecule has 4 aliphatic rings. The summed E-state index contributed by atoms with van der Waals surface area (Å²) in [6.07, 6.45) is -10.2. The quantitative estimate of drug-likeness (QED) is 0.0362. The molecule has 0 spiro atoms. The van der Waals surface area contributed by atoms with E-state index in [1.54, 1.807) is 0 Å². The van der Waals surface area contributed by atoms with Crippen molar-refractivity contribution in [2.75, 3.05) is 40.1 Å². The molecule has 406 valence electrons. The van der Waals surface area contributed by atoms with Crippen LogP contribution in [0, 0.1) is 23.2 Å². The minimum atomic E-state index is -4.85. The Labute approximate surface area is 411 Å². The number of carboxylic acids is 1. The van der Waals surface area contributed by atoms with Crippen LogP contribution in [-0.2, 0) is 63.9 Å². The second-order valence-electron chi connectivity index (χ2n) is 19.3. The number of carboxylic acid groups (broad SMARTS) is 1. The molecule has 5 rings (SSSR count). The summed E-state index contributed by atoms with van der Waals surface area (Å²) >= 11 is 0. The maximum Gasteiger partial charge on any atom is 0.397 e. The fraction of sp³-hybridized carbons (Fsp3) is 0.864. The SMILES string of the molecule is CCC1CC(C(=O)CCCNC(=O)c2cn(CC(CO)(COC)COS(=O)(=O)O)nn2)C[C@@H](O[C@@H]2O[C@@H](CO)[C@H](O)C(O[C@@H](CC3CCCCC3)C(=O)O)C2NC(C)=O)[C@@H]1O[C@@H]1OC(C)[C@@H](O)[C@H](O)C1O. The number of hydrogen-bond donors (Lipinski definition) is 10. The number of aromatic nitrogens is 3. The Bertz CT molecular complexity index is 1990. The van der Waals surface area contributed by atoms with Crippen molar-refractivity contribution < 1.29 is 100 Å². The average Bonchev–Trinajstić information content (AvgIpc) is 3.80. The molecule has 26 nitrogen and oxygen atoms in total. The molecule has 71 heavy (non-hydrogen) atoms. The van der Waals surface area contributed by atoms with E-state index in [4.69, 9.17) is 33.0 Å². The molecule has 27 heteroatoms. The molecule has 2 aliphatic heterocycles. The average molecular weight is 1040 g/mol. The first-order chi connectivity index (χ1) is 33.6. The van der Waals surface area contributed by atoms with E-state index in [2.05, 4.69) is 25.1 Å². The van der Waals surface area contributed by atoms with E-state index in [0.29, 0.717) is 6.42 Å². The molecule has 2 aliphatic carbocycles. The Morgan fingerprint density at radius 2 is 1.68 bits per heavy atom. The van der Waals surface area contributed by atoms with Crippen LogP contribution in [0.1, 0.15) is 102 Å². The minimum absolute atomic E-state index is 0.0153. The topological polar surface area (TPSA) is 384 Å². The first-order valence-electron chi connectivity index (χ1n) is 24.2. The molecule has 2 amide bonds. The first-order valence-corrected chi connectivity index (χ1v) is 25.5. The summed E-state index contributed by atoms with van der Waals surface area (Å²) in [5.41, 5.74) is -1.54. The summed E-state index contributed by atoms with van der Waals surface area (Å²) in [6, 6.07) is -1.37. The van der Waals surface area contributed by atoms with Crippen molar-refractivity contribution in [3.05, 3.63) is 11.9 Å². The van der Waals surface area contributed by atoms with Gasteiger partial charge in [-0.05, 0) is 44.4 Å². The second kappa shape index (κ2) is 26.7. The highest BCUT2D eigenvalue weighted by Gasteiger charge is 2.53. The van der Waals surface area contributed by atoms with Gasteiger partial charge in [-0.25, -0.2) is 8.98 Å². The van der Waals surface area contributed by atoms with Gasteiger partial charge in [-0.3, -0.25) is 23.6 Å². The van der Waals surface area contributed by atoms with Gasteiger partial charge in [-0.2, -0.15) is 8.42 Å². The lowest BCUT2D eigenvalue weighted by Gasteiger charge is -2.49. The van der Waals surface area contributed by atoms with Crippen molar-refractivity contribution in [3.63, 3.8) is 0 Å². The minimum Gasteiger partial charge on any atom is -0.479 e. The lowest BCUT2D eigenvalue weighted by molar-refractivity contribution is -0.338. The number of hydrogen-bond acceptors (Lipinski definition) is 21. The number of nitrogens with zero attached hydrogens (tertiary/aromatic N) is 3. The zero-order chi connectivity index (χ0) is 52.2. The van der Waals surface area contributed by atoms with E-state index < -0.39 is 145 Å². The number of amides is 2. The normalized spacial score (nSPS) is 33.2. The number of ketones is 1. The zero-order valence-electron chi connectivity index (χ0n) is 40.5. The van der Waals surface area contributed by atoms with Crippen LogP contribution >= 0.6 is 0 Å². The molecule has 7 unspecified atom stereocenters. The van der Waals surface area contributed by atoms with Gasteiger partial charge in [0.1, 0.15) is 48.4 Å². The molecule has 1 aromatic rings. The van der Waals surface area contributed by atoms with Gasteiger partial charge < -0.3 is 74.8 Å². The van der Waals surface area contributed by atoms with Crippen LogP contribution < -0.4 is 10.6 Å².